The average Bonchev–Trinajstić information content (AvgIpc) is 3.23. The van der Waals surface area contributed by atoms with Gasteiger partial charge in [0.05, 0.1) is 11.4 Å². The predicted octanol–water partition coefficient (Wildman–Crippen LogP) is 5.59. The Kier molecular flexibility index (Phi) is 5.72. The van der Waals surface area contributed by atoms with Crippen LogP contribution in [0.25, 0.3) is 11.5 Å². The van der Waals surface area contributed by atoms with Crippen LogP contribution < -0.4 is 5.32 Å². The van der Waals surface area contributed by atoms with Crippen molar-refractivity contribution in [3.63, 3.8) is 0 Å². The average molecular weight is 401 g/mol. The highest BCUT2D eigenvalue weighted by molar-refractivity contribution is 7.98. The van der Waals surface area contributed by atoms with Gasteiger partial charge in [-0.15, -0.1) is 22.0 Å². The molecule has 0 saturated carbocycles. The molecule has 4 aromatic rings. The number of nitrogens with one attached hydrogen (secondary N) is 1. The Hall–Kier alpha value is -3.38. The first-order valence-electron chi connectivity index (χ1n) is 9.17. The van der Waals surface area contributed by atoms with Crippen molar-refractivity contribution in [2.45, 2.75) is 17.6 Å². The molecule has 0 unspecified atom stereocenters. The van der Waals surface area contributed by atoms with Gasteiger partial charge in [0.25, 0.3) is 5.91 Å². The zero-order valence-corrected chi connectivity index (χ0v) is 16.6. The zero-order valence-electron chi connectivity index (χ0n) is 15.8. The van der Waals surface area contributed by atoms with E-state index >= 15 is 0 Å². The summed E-state index contributed by atoms with van der Waals surface area (Å²) in [5, 5.41) is 11.3. The van der Waals surface area contributed by atoms with Gasteiger partial charge in [0, 0.05) is 16.0 Å². The van der Waals surface area contributed by atoms with Crippen LogP contribution in [0.4, 0.5) is 5.69 Å². The minimum Gasteiger partial charge on any atom is -0.420 e. The monoisotopic (exact) mass is 401 g/mol. The molecule has 5 nitrogen and oxygen atoms in total. The first kappa shape index (κ1) is 19.0. The summed E-state index contributed by atoms with van der Waals surface area (Å²) in [5.41, 5.74) is 3.25. The molecule has 0 bridgehead atoms. The van der Waals surface area contributed by atoms with Gasteiger partial charge >= 0.3 is 0 Å². The fraction of sp³-hybridized carbons (Fsp3) is 0.0870. The third kappa shape index (κ3) is 4.55. The minimum atomic E-state index is -0.125. The van der Waals surface area contributed by atoms with E-state index in [0.717, 1.165) is 21.7 Å². The summed E-state index contributed by atoms with van der Waals surface area (Å²) < 4.78 is 5.77. The molecule has 29 heavy (non-hydrogen) atoms. The lowest BCUT2D eigenvalue weighted by molar-refractivity contribution is 0.102. The summed E-state index contributed by atoms with van der Waals surface area (Å²) in [5.74, 6) is 1.42. The van der Waals surface area contributed by atoms with Gasteiger partial charge in [-0.2, -0.15) is 0 Å². The van der Waals surface area contributed by atoms with Crippen LogP contribution >= 0.6 is 11.8 Å². The topological polar surface area (TPSA) is 68.0 Å². The molecule has 0 aliphatic rings. The van der Waals surface area contributed by atoms with Gasteiger partial charge in [0.15, 0.2) is 0 Å². The molecular weight excluding hydrogens is 382 g/mol. The van der Waals surface area contributed by atoms with E-state index in [4.69, 9.17) is 4.42 Å². The smallest absolute Gasteiger partial charge is 0.255 e. The predicted molar refractivity (Wildman–Crippen MR) is 115 cm³/mol. The molecule has 0 aliphatic carbocycles. The van der Waals surface area contributed by atoms with Crippen molar-refractivity contribution in [1.29, 1.82) is 0 Å². The van der Waals surface area contributed by atoms with Crippen LogP contribution in [-0.4, -0.2) is 16.1 Å². The number of thioether (sulfide) groups is 1. The van der Waals surface area contributed by atoms with Crippen LogP contribution in [0.1, 0.15) is 21.8 Å². The lowest BCUT2D eigenvalue weighted by atomic mass is 10.1. The Morgan fingerprint density at radius 1 is 0.931 bits per heavy atom. The number of aryl methyl sites for hydroxylation is 1. The Morgan fingerprint density at radius 2 is 1.66 bits per heavy atom. The summed E-state index contributed by atoms with van der Waals surface area (Å²) in [6, 6.07) is 24.9. The number of anilines is 1. The van der Waals surface area contributed by atoms with Gasteiger partial charge in [0.1, 0.15) is 0 Å². The number of aromatic nitrogens is 2. The Morgan fingerprint density at radius 3 is 2.48 bits per heavy atom. The molecule has 0 atom stereocenters. The van der Waals surface area contributed by atoms with Gasteiger partial charge < -0.3 is 9.73 Å². The fourth-order valence-electron chi connectivity index (χ4n) is 2.86. The molecule has 1 amide bonds. The number of carbonyl (C=O) groups excluding carboxylic acids is 1. The molecule has 1 heterocycles. The Labute approximate surface area is 173 Å². The Balaban J connectivity index is 1.46. The molecule has 0 fully saturated rings. The molecule has 3 aromatic carbocycles. The lowest BCUT2D eigenvalue weighted by Gasteiger charge is -2.11. The van der Waals surface area contributed by atoms with Crippen molar-refractivity contribution in [2.24, 2.45) is 0 Å². The number of carbonyl (C=O) groups is 1. The van der Waals surface area contributed by atoms with Crippen LogP contribution in [0.2, 0.25) is 0 Å². The van der Waals surface area contributed by atoms with Gasteiger partial charge in [-0.25, -0.2) is 0 Å². The molecule has 0 aliphatic heterocycles. The van der Waals surface area contributed by atoms with Crippen molar-refractivity contribution < 1.29 is 9.21 Å². The minimum absolute atomic E-state index is 0.125. The molecule has 0 radical (unpaired) electrons. The highest BCUT2D eigenvalue weighted by atomic mass is 32.2. The van der Waals surface area contributed by atoms with Crippen LogP contribution in [0.5, 0.6) is 0 Å². The standard InChI is InChI=1S/C23H19N3O2S/c1-16-9-5-6-12-18(16)22(27)24-19-13-7-8-14-20(19)29-15-21-25-26-23(28-21)17-10-3-2-4-11-17/h2-14H,15H2,1H3,(H,24,27). The lowest BCUT2D eigenvalue weighted by Crippen LogP contribution is -2.13. The van der Waals surface area contributed by atoms with E-state index in [0.29, 0.717) is 23.1 Å². The highest BCUT2D eigenvalue weighted by Crippen LogP contribution is 2.30. The van der Waals surface area contributed by atoms with Crippen LogP contribution in [-0.2, 0) is 5.75 Å². The normalized spacial score (nSPS) is 10.7. The number of benzene rings is 3. The van der Waals surface area contributed by atoms with Gasteiger partial charge in [0.2, 0.25) is 11.8 Å². The summed E-state index contributed by atoms with van der Waals surface area (Å²) >= 11 is 1.54. The third-order valence-electron chi connectivity index (χ3n) is 4.36. The quantitative estimate of drug-likeness (QED) is 0.427. The van der Waals surface area contributed by atoms with Crippen LogP contribution in [0.15, 0.2) is 88.2 Å². The first-order chi connectivity index (χ1) is 14.2. The van der Waals surface area contributed by atoms with Crippen LogP contribution in [0.3, 0.4) is 0 Å². The zero-order chi connectivity index (χ0) is 20.1. The first-order valence-corrected chi connectivity index (χ1v) is 10.2. The summed E-state index contributed by atoms with van der Waals surface area (Å²) in [6.45, 7) is 1.93. The highest BCUT2D eigenvalue weighted by Gasteiger charge is 2.13. The van der Waals surface area contributed by atoms with E-state index in [-0.39, 0.29) is 5.91 Å². The number of rotatable bonds is 6. The molecule has 0 saturated heterocycles. The molecule has 144 valence electrons. The van der Waals surface area contributed by atoms with Crippen molar-refractivity contribution in [1.82, 2.24) is 10.2 Å². The van der Waals surface area contributed by atoms with E-state index in [1.807, 2.05) is 85.8 Å². The number of para-hydroxylation sites is 1. The third-order valence-corrected chi connectivity index (χ3v) is 5.42. The maximum absolute atomic E-state index is 12.7. The molecule has 0 spiro atoms. The Bertz CT molecular complexity index is 1130. The molecule has 6 heteroatoms. The molecular formula is C23H19N3O2S. The van der Waals surface area contributed by atoms with E-state index in [9.17, 15) is 4.79 Å². The van der Waals surface area contributed by atoms with Gasteiger partial charge in [-0.05, 0) is 42.8 Å². The molecule has 4 rings (SSSR count). The maximum atomic E-state index is 12.7. The fourth-order valence-corrected chi connectivity index (χ4v) is 3.71. The number of amides is 1. The second-order valence-corrected chi connectivity index (χ2v) is 7.44. The number of hydrogen-bond donors (Lipinski definition) is 1. The van der Waals surface area contributed by atoms with Gasteiger partial charge in [-0.3, -0.25) is 4.79 Å². The largest absolute Gasteiger partial charge is 0.420 e. The maximum Gasteiger partial charge on any atom is 0.255 e. The number of nitrogens with zero attached hydrogens (tertiary/aromatic N) is 2. The molecule has 1 aromatic heterocycles. The van der Waals surface area contributed by atoms with Crippen molar-refractivity contribution in [2.75, 3.05) is 5.32 Å². The van der Waals surface area contributed by atoms with Crippen molar-refractivity contribution in [3.05, 3.63) is 95.9 Å². The van der Waals surface area contributed by atoms with Gasteiger partial charge in [-0.1, -0.05) is 48.5 Å². The second-order valence-electron chi connectivity index (χ2n) is 6.42. The summed E-state index contributed by atoms with van der Waals surface area (Å²) in [4.78, 5) is 13.6. The summed E-state index contributed by atoms with van der Waals surface area (Å²) in [7, 11) is 0. The van der Waals surface area contributed by atoms with Crippen molar-refractivity contribution in [3.8, 4) is 11.5 Å². The van der Waals surface area contributed by atoms with E-state index < -0.39 is 0 Å². The number of hydrogen-bond acceptors (Lipinski definition) is 5. The molecule has 1 N–H and O–H groups in total. The van der Waals surface area contributed by atoms with Crippen molar-refractivity contribution >= 4 is 23.4 Å². The SMILES string of the molecule is Cc1ccccc1C(=O)Nc1ccccc1SCc1nnc(-c2ccccc2)o1. The van der Waals surface area contributed by atoms with E-state index in [1.165, 1.54) is 11.8 Å². The summed E-state index contributed by atoms with van der Waals surface area (Å²) in [6.07, 6.45) is 0. The second kappa shape index (κ2) is 8.75. The van der Waals surface area contributed by atoms with E-state index in [1.54, 1.807) is 0 Å². The van der Waals surface area contributed by atoms with E-state index in [2.05, 4.69) is 15.5 Å². The van der Waals surface area contributed by atoms with Crippen LogP contribution in [0, 0.1) is 6.92 Å².